The minimum absolute atomic E-state index is 0.499. The largest absolute Gasteiger partial charge is 0.314 e. The van der Waals surface area contributed by atoms with Crippen molar-refractivity contribution in [1.82, 2.24) is 10.6 Å². The van der Waals surface area contributed by atoms with Crippen LogP contribution in [0.5, 0.6) is 0 Å². The quantitative estimate of drug-likeness (QED) is 0.848. The lowest BCUT2D eigenvalue weighted by molar-refractivity contribution is 0.123. The van der Waals surface area contributed by atoms with Crippen molar-refractivity contribution in [2.45, 2.75) is 45.1 Å². The van der Waals surface area contributed by atoms with Gasteiger partial charge in [-0.25, -0.2) is 0 Å². The molecule has 0 saturated heterocycles. The van der Waals surface area contributed by atoms with Crippen molar-refractivity contribution in [3.8, 4) is 0 Å². The van der Waals surface area contributed by atoms with E-state index in [9.17, 15) is 0 Å². The Bertz CT molecular complexity index is 418. The van der Waals surface area contributed by atoms with Gasteiger partial charge in [-0.2, -0.15) is 0 Å². The summed E-state index contributed by atoms with van der Waals surface area (Å²) in [6, 6.07) is 9.39. The summed E-state index contributed by atoms with van der Waals surface area (Å²) in [5, 5.41) is 7.38. The second-order valence-electron chi connectivity index (χ2n) is 6.29. The number of hydrogen-bond acceptors (Lipinski definition) is 2. The molecule has 1 heterocycles. The average molecular weight is 258 g/mol. The van der Waals surface area contributed by atoms with Crippen LogP contribution in [0.4, 0.5) is 0 Å². The summed E-state index contributed by atoms with van der Waals surface area (Å²) >= 11 is 0. The van der Waals surface area contributed by atoms with Crippen molar-refractivity contribution < 1.29 is 0 Å². The zero-order chi connectivity index (χ0) is 13.1. The standard InChI is InChI=1S/C17H26N2/c1-2-17(9-5-10-17)13-18-12-16-15-7-4-3-6-14(15)8-11-19-16/h3-4,6-7,16,18-19H,2,5,8-13H2,1H3. The van der Waals surface area contributed by atoms with Crippen molar-refractivity contribution in [2.24, 2.45) is 5.41 Å². The molecular weight excluding hydrogens is 232 g/mol. The molecule has 2 aliphatic rings. The Morgan fingerprint density at radius 2 is 2.16 bits per heavy atom. The van der Waals surface area contributed by atoms with Gasteiger partial charge in [0.25, 0.3) is 0 Å². The Morgan fingerprint density at radius 1 is 1.32 bits per heavy atom. The number of benzene rings is 1. The Balaban J connectivity index is 1.56. The Hall–Kier alpha value is -0.860. The van der Waals surface area contributed by atoms with E-state index in [2.05, 4.69) is 41.8 Å². The molecule has 1 aromatic rings. The smallest absolute Gasteiger partial charge is 0.0449 e. The molecule has 2 nitrogen and oxygen atoms in total. The maximum Gasteiger partial charge on any atom is 0.0449 e. The third-order valence-corrected chi connectivity index (χ3v) is 5.23. The van der Waals surface area contributed by atoms with E-state index in [0.717, 1.165) is 13.1 Å². The Morgan fingerprint density at radius 3 is 2.89 bits per heavy atom. The molecule has 1 saturated carbocycles. The summed E-state index contributed by atoms with van der Waals surface area (Å²) in [5.41, 5.74) is 3.65. The van der Waals surface area contributed by atoms with Crippen LogP contribution < -0.4 is 10.6 Å². The summed E-state index contributed by atoms with van der Waals surface area (Å²) in [5.74, 6) is 0. The first-order valence-corrected chi connectivity index (χ1v) is 7.85. The molecule has 2 N–H and O–H groups in total. The molecule has 0 spiro atoms. The highest BCUT2D eigenvalue weighted by molar-refractivity contribution is 5.32. The van der Waals surface area contributed by atoms with Gasteiger partial charge in [0.1, 0.15) is 0 Å². The summed E-state index contributed by atoms with van der Waals surface area (Å²) in [6.45, 7) is 5.72. The lowest BCUT2D eigenvalue weighted by atomic mass is 9.67. The van der Waals surface area contributed by atoms with Gasteiger partial charge in [-0.15, -0.1) is 0 Å². The minimum atomic E-state index is 0.499. The average Bonchev–Trinajstić information content (AvgIpc) is 2.42. The molecule has 0 amide bonds. The van der Waals surface area contributed by atoms with Gasteiger partial charge in [0.15, 0.2) is 0 Å². The molecule has 1 aromatic carbocycles. The van der Waals surface area contributed by atoms with E-state index in [4.69, 9.17) is 0 Å². The van der Waals surface area contributed by atoms with Gasteiger partial charge in [0.2, 0.25) is 0 Å². The molecule has 1 atom stereocenters. The fraction of sp³-hybridized carbons (Fsp3) is 0.647. The van der Waals surface area contributed by atoms with Crippen LogP contribution in [0.25, 0.3) is 0 Å². The number of nitrogens with one attached hydrogen (secondary N) is 2. The maximum atomic E-state index is 3.73. The fourth-order valence-corrected chi connectivity index (χ4v) is 3.59. The SMILES string of the molecule is CCC1(CNCC2NCCc3ccccc32)CCC1. The number of hydrogen-bond donors (Lipinski definition) is 2. The normalized spacial score (nSPS) is 24.6. The first-order valence-electron chi connectivity index (χ1n) is 7.85. The molecule has 0 aromatic heterocycles. The van der Waals surface area contributed by atoms with Crippen molar-refractivity contribution in [2.75, 3.05) is 19.6 Å². The second-order valence-corrected chi connectivity index (χ2v) is 6.29. The molecule has 1 fully saturated rings. The van der Waals surface area contributed by atoms with Crippen LogP contribution in [0, 0.1) is 5.41 Å². The molecule has 19 heavy (non-hydrogen) atoms. The van der Waals surface area contributed by atoms with E-state index in [1.54, 1.807) is 0 Å². The van der Waals surface area contributed by atoms with Gasteiger partial charge in [0, 0.05) is 19.1 Å². The van der Waals surface area contributed by atoms with Gasteiger partial charge in [-0.1, -0.05) is 37.6 Å². The summed E-state index contributed by atoms with van der Waals surface area (Å²) in [6.07, 6.45) is 6.77. The van der Waals surface area contributed by atoms with Crippen LogP contribution in [0.3, 0.4) is 0 Å². The maximum absolute atomic E-state index is 3.73. The highest BCUT2D eigenvalue weighted by Crippen LogP contribution is 2.43. The highest BCUT2D eigenvalue weighted by atomic mass is 15.0. The predicted molar refractivity (Wildman–Crippen MR) is 80.3 cm³/mol. The van der Waals surface area contributed by atoms with E-state index < -0.39 is 0 Å². The topological polar surface area (TPSA) is 24.1 Å². The van der Waals surface area contributed by atoms with Crippen LogP contribution in [0.2, 0.25) is 0 Å². The van der Waals surface area contributed by atoms with Gasteiger partial charge in [-0.3, -0.25) is 0 Å². The summed E-state index contributed by atoms with van der Waals surface area (Å²) in [7, 11) is 0. The second kappa shape index (κ2) is 5.64. The number of fused-ring (bicyclic) bond motifs is 1. The Kier molecular flexibility index (Phi) is 3.90. The van der Waals surface area contributed by atoms with E-state index in [0.29, 0.717) is 11.5 Å². The molecule has 0 radical (unpaired) electrons. The van der Waals surface area contributed by atoms with Crippen LogP contribution in [0.15, 0.2) is 24.3 Å². The summed E-state index contributed by atoms with van der Waals surface area (Å²) in [4.78, 5) is 0. The van der Waals surface area contributed by atoms with Crippen molar-refractivity contribution in [1.29, 1.82) is 0 Å². The molecule has 1 aliphatic carbocycles. The summed E-state index contributed by atoms with van der Waals surface area (Å²) < 4.78 is 0. The molecule has 3 rings (SSSR count). The first-order chi connectivity index (χ1) is 9.33. The zero-order valence-electron chi connectivity index (χ0n) is 12.0. The van der Waals surface area contributed by atoms with Crippen molar-refractivity contribution in [3.63, 3.8) is 0 Å². The van der Waals surface area contributed by atoms with Crippen LogP contribution in [-0.4, -0.2) is 19.6 Å². The van der Waals surface area contributed by atoms with Crippen molar-refractivity contribution >= 4 is 0 Å². The zero-order valence-corrected chi connectivity index (χ0v) is 12.0. The third kappa shape index (κ3) is 2.70. The lowest BCUT2D eigenvalue weighted by Crippen LogP contribution is -2.43. The predicted octanol–water partition coefficient (Wildman–Crippen LogP) is 3.04. The molecule has 1 aliphatic heterocycles. The molecule has 104 valence electrons. The van der Waals surface area contributed by atoms with Gasteiger partial charge in [0.05, 0.1) is 0 Å². The van der Waals surface area contributed by atoms with E-state index in [-0.39, 0.29) is 0 Å². The van der Waals surface area contributed by atoms with E-state index in [1.807, 2.05) is 0 Å². The van der Waals surface area contributed by atoms with Crippen LogP contribution in [0.1, 0.15) is 49.8 Å². The minimum Gasteiger partial charge on any atom is -0.314 e. The fourth-order valence-electron chi connectivity index (χ4n) is 3.59. The van der Waals surface area contributed by atoms with Crippen LogP contribution >= 0.6 is 0 Å². The van der Waals surface area contributed by atoms with E-state index in [1.165, 1.54) is 49.8 Å². The van der Waals surface area contributed by atoms with Gasteiger partial charge in [-0.05, 0) is 48.8 Å². The Labute approximate surface area is 117 Å². The lowest BCUT2D eigenvalue weighted by Gasteiger charge is -2.42. The van der Waals surface area contributed by atoms with Gasteiger partial charge >= 0.3 is 0 Å². The highest BCUT2D eigenvalue weighted by Gasteiger charge is 2.34. The van der Waals surface area contributed by atoms with E-state index >= 15 is 0 Å². The van der Waals surface area contributed by atoms with Crippen molar-refractivity contribution in [3.05, 3.63) is 35.4 Å². The van der Waals surface area contributed by atoms with Gasteiger partial charge < -0.3 is 10.6 Å². The molecule has 2 heteroatoms. The first kappa shape index (κ1) is 13.1. The molecular formula is C17H26N2. The number of rotatable bonds is 5. The van der Waals surface area contributed by atoms with Crippen LogP contribution in [-0.2, 0) is 6.42 Å². The monoisotopic (exact) mass is 258 g/mol. The molecule has 0 bridgehead atoms. The third-order valence-electron chi connectivity index (χ3n) is 5.23. The molecule has 1 unspecified atom stereocenters.